The van der Waals surface area contributed by atoms with E-state index in [1.165, 1.54) is 21.9 Å². The van der Waals surface area contributed by atoms with Crippen LogP contribution in [0.4, 0.5) is 5.13 Å². The van der Waals surface area contributed by atoms with Crippen LogP contribution in [0.15, 0.2) is 18.9 Å². The van der Waals surface area contributed by atoms with E-state index < -0.39 is 0 Å². The van der Waals surface area contributed by atoms with Gasteiger partial charge in [0, 0.05) is 42.7 Å². The molecule has 0 saturated carbocycles. The molecule has 2 aromatic rings. The van der Waals surface area contributed by atoms with Crippen LogP contribution < -0.4 is 5.32 Å². The first-order chi connectivity index (χ1) is 12.1. The largest absolute Gasteiger partial charge is 0.338 e. The molecule has 0 bridgehead atoms. The molecule has 0 radical (unpaired) electrons. The summed E-state index contributed by atoms with van der Waals surface area (Å²) in [7, 11) is 1.94. The van der Waals surface area contributed by atoms with Gasteiger partial charge in [-0.2, -0.15) is 5.10 Å². The number of amides is 2. The van der Waals surface area contributed by atoms with Crippen LogP contribution in [0.5, 0.6) is 0 Å². The normalized spacial score (nSPS) is 18.8. The van der Waals surface area contributed by atoms with Gasteiger partial charge in [0.05, 0.1) is 17.8 Å². The number of nitrogens with one attached hydrogen (secondary N) is 1. The topological polar surface area (TPSA) is 80.1 Å². The van der Waals surface area contributed by atoms with Gasteiger partial charge in [-0.3, -0.25) is 14.3 Å². The maximum atomic E-state index is 12.5. The number of rotatable bonds is 4. The van der Waals surface area contributed by atoms with Crippen LogP contribution in [0.1, 0.15) is 17.0 Å². The van der Waals surface area contributed by atoms with Crippen molar-refractivity contribution in [2.24, 2.45) is 13.0 Å². The van der Waals surface area contributed by atoms with Crippen molar-refractivity contribution in [3.8, 4) is 11.3 Å². The number of hydrogen-bond donors (Lipinski definition) is 1. The summed E-state index contributed by atoms with van der Waals surface area (Å²) in [5.74, 6) is -0.474. The Labute approximate surface area is 149 Å². The Morgan fingerprint density at radius 2 is 2.36 bits per heavy atom. The molecule has 0 aromatic carbocycles. The molecule has 2 amide bonds. The molecule has 25 heavy (non-hydrogen) atoms. The summed E-state index contributed by atoms with van der Waals surface area (Å²) in [4.78, 5) is 31.9. The SMILES string of the molecule is C=CCN1C[C@H](C(=O)Nc2nc3c(s2)CCc2c-3cnn2C)CC1=O. The van der Waals surface area contributed by atoms with E-state index in [4.69, 9.17) is 0 Å². The molecule has 1 saturated heterocycles. The summed E-state index contributed by atoms with van der Waals surface area (Å²) in [6, 6.07) is 0. The van der Waals surface area contributed by atoms with Crippen LogP contribution in [0.2, 0.25) is 0 Å². The lowest BCUT2D eigenvalue weighted by Crippen LogP contribution is -2.28. The zero-order chi connectivity index (χ0) is 17.6. The number of likely N-dealkylation sites (tertiary alicyclic amines) is 1. The van der Waals surface area contributed by atoms with E-state index in [9.17, 15) is 9.59 Å². The minimum Gasteiger partial charge on any atom is -0.338 e. The highest BCUT2D eigenvalue weighted by Gasteiger charge is 2.34. The Bertz CT molecular complexity index is 869. The summed E-state index contributed by atoms with van der Waals surface area (Å²) in [6.45, 7) is 4.57. The molecule has 130 valence electrons. The Morgan fingerprint density at radius 3 is 3.16 bits per heavy atom. The van der Waals surface area contributed by atoms with Crippen molar-refractivity contribution in [2.45, 2.75) is 19.3 Å². The molecule has 0 unspecified atom stereocenters. The van der Waals surface area contributed by atoms with E-state index in [2.05, 4.69) is 22.0 Å². The van der Waals surface area contributed by atoms with Gasteiger partial charge in [0.15, 0.2) is 5.13 Å². The fraction of sp³-hybridized carbons (Fsp3) is 0.412. The molecule has 1 N–H and O–H groups in total. The molecule has 7 nitrogen and oxygen atoms in total. The smallest absolute Gasteiger partial charge is 0.231 e. The van der Waals surface area contributed by atoms with E-state index in [-0.39, 0.29) is 24.2 Å². The van der Waals surface area contributed by atoms with Crippen molar-refractivity contribution in [2.75, 3.05) is 18.4 Å². The van der Waals surface area contributed by atoms with E-state index in [0.717, 1.165) is 24.1 Å². The zero-order valence-corrected chi connectivity index (χ0v) is 14.8. The van der Waals surface area contributed by atoms with E-state index >= 15 is 0 Å². The van der Waals surface area contributed by atoms with E-state index in [0.29, 0.717) is 18.2 Å². The lowest BCUT2D eigenvalue weighted by molar-refractivity contribution is -0.127. The maximum Gasteiger partial charge on any atom is 0.231 e. The highest BCUT2D eigenvalue weighted by molar-refractivity contribution is 7.16. The van der Waals surface area contributed by atoms with Gasteiger partial charge in [-0.05, 0) is 12.8 Å². The molecule has 2 aliphatic rings. The van der Waals surface area contributed by atoms with Crippen LogP contribution >= 0.6 is 11.3 Å². The molecule has 1 fully saturated rings. The number of carbonyl (C=O) groups excluding carboxylic acids is 2. The predicted octanol–water partition coefficient (Wildman–Crippen LogP) is 1.62. The van der Waals surface area contributed by atoms with Gasteiger partial charge in [0.25, 0.3) is 0 Å². The highest BCUT2D eigenvalue weighted by atomic mass is 32.1. The zero-order valence-electron chi connectivity index (χ0n) is 14.0. The number of carbonyl (C=O) groups is 2. The summed E-state index contributed by atoms with van der Waals surface area (Å²) in [5, 5.41) is 7.80. The Kier molecular flexibility index (Phi) is 3.91. The van der Waals surface area contributed by atoms with Gasteiger partial charge < -0.3 is 10.2 Å². The second-order valence-corrected chi connectivity index (χ2v) is 7.48. The number of hydrogen-bond acceptors (Lipinski definition) is 5. The van der Waals surface area contributed by atoms with Crippen LogP contribution in [-0.4, -0.2) is 44.6 Å². The van der Waals surface area contributed by atoms with E-state index in [1.807, 2.05) is 17.9 Å². The van der Waals surface area contributed by atoms with Crippen molar-refractivity contribution >= 4 is 28.3 Å². The number of thiazole rings is 1. The number of fused-ring (bicyclic) bond motifs is 3. The van der Waals surface area contributed by atoms with Gasteiger partial charge in [-0.15, -0.1) is 17.9 Å². The molecule has 1 aliphatic carbocycles. The van der Waals surface area contributed by atoms with Crippen molar-refractivity contribution in [1.29, 1.82) is 0 Å². The number of nitrogens with zero attached hydrogens (tertiary/aromatic N) is 4. The first-order valence-corrected chi connectivity index (χ1v) is 9.09. The predicted molar refractivity (Wildman–Crippen MR) is 95.2 cm³/mol. The Balaban J connectivity index is 1.50. The highest BCUT2D eigenvalue weighted by Crippen LogP contribution is 2.38. The van der Waals surface area contributed by atoms with Crippen LogP contribution in [0, 0.1) is 5.92 Å². The number of aryl methyl sites for hydroxylation is 2. The lowest BCUT2D eigenvalue weighted by Gasteiger charge is -2.13. The molecule has 2 aromatic heterocycles. The molecule has 0 spiro atoms. The van der Waals surface area contributed by atoms with Crippen LogP contribution in [0.3, 0.4) is 0 Å². The molecule has 1 atom stereocenters. The second-order valence-electron chi connectivity index (χ2n) is 6.40. The molecular weight excluding hydrogens is 338 g/mol. The number of aromatic nitrogens is 3. The minimum atomic E-state index is -0.331. The fourth-order valence-corrected chi connectivity index (χ4v) is 4.44. The Hall–Kier alpha value is -2.48. The van der Waals surface area contributed by atoms with Crippen molar-refractivity contribution in [3.05, 3.63) is 29.4 Å². The molecule has 3 heterocycles. The van der Waals surface area contributed by atoms with Crippen LogP contribution in [-0.2, 0) is 29.5 Å². The lowest BCUT2D eigenvalue weighted by atomic mass is 10.0. The van der Waals surface area contributed by atoms with Crippen molar-refractivity contribution in [1.82, 2.24) is 19.7 Å². The standard InChI is InChI=1S/C17H19N5O2S/c1-3-6-22-9-10(7-14(22)23)16(24)20-17-19-15-11-8-18-21(2)12(11)4-5-13(15)25-17/h3,8,10H,1,4-7,9H2,2H3,(H,19,20,24)/t10-/m1/s1. The molecule has 4 rings (SSSR count). The Morgan fingerprint density at radius 1 is 1.52 bits per heavy atom. The third-order valence-electron chi connectivity index (χ3n) is 4.77. The van der Waals surface area contributed by atoms with Gasteiger partial charge in [0.1, 0.15) is 0 Å². The maximum absolute atomic E-state index is 12.5. The average Bonchev–Trinajstić information content (AvgIpc) is 3.25. The molecular formula is C17H19N5O2S. The second kappa shape index (κ2) is 6.11. The van der Waals surface area contributed by atoms with Gasteiger partial charge in [-0.25, -0.2) is 4.98 Å². The summed E-state index contributed by atoms with van der Waals surface area (Å²) in [5.41, 5.74) is 3.15. The van der Waals surface area contributed by atoms with Crippen molar-refractivity contribution in [3.63, 3.8) is 0 Å². The summed E-state index contributed by atoms with van der Waals surface area (Å²) in [6.07, 6.45) is 5.60. The van der Waals surface area contributed by atoms with Gasteiger partial charge >= 0.3 is 0 Å². The van der Waals surface area contributed by atoms with Crippen molar-refractivity contribution < 1.29 is 9.59 Å². The molecule has 1 aliphatic heterocycles. The number of anilines is 1. The fourth-order valence-electron chi connectivity index (χ4n) is 3.46. The van der Waals surface area contributed by atoms with Crippen LogP contribution in [0.25, 0.3) is 11.3 Å². The third-order valence-corrected chi connectivity index (χ3v) is 5.80. The summed E-state index contributed by atoms with van der Waals surface area (Å²) < 4.78 is 1.88. The first kappa shape index (κ1) is 16.0. The monoisotopic (exact) mass is 357 g/mol. The average molecular weight is 357 g/mol. The molecule has 8 heteroatoms. The van der Waals surface area contributed by atoms with E-state index in [1.54, 1.807) is 11.0 Å². The third kappa shape index (κ3) is 2.76. The van der Waals surface area contributed by atoms with Gasteiger partial charge in [0.2, 0.25) is 11.8 Å². The first-order valence-electron chi connectivity index (χ1n) is 8.27. The minimum absolute atomic E-state index is 0.00140. The quantitative estimate of drug-likeness (QED) is 0.843. The summed E-state index contributed by atoms with van der Waals surface area (Å²) >= 11 is 1.51. The van der Waals surface area contributed by atoms with Gasteiger partial charge in [-0.1, -0.05) is 6.08 Å².